The van der Waals surface area contributed by atoms with E-state index in [1.807, 2.05) is 30.3 Å². The molecule has 3 rings (SSSR count). The van der Waals surface area contributed by atoms with Crippen LogP contribution in [0.25, 0.3) is 5.65 Å². The molecule has 4 N–H and O–H groups in total. The summed E-state index contributed by atoms with van der Waals surface area (Å²) in [6.45, 7) is 1.56. The Labute approximate surface area is 154 Å². The number of carbonyl (C=O) groups excluding carboxylic acids is 1. The lowest BCUT2D eigenvalue weighted by atomic mass is 10.1. The van der Waals surface area contributed by atoms with Crippen LogP contribution in [0.15, 0.2) is 46.0 Å². The SMILES string of the molecule is Cc1[nH]c2cc(=O)[nH]n2c(=O)c1CCC(=O)N[C@@H](CO)Cc1ccccc1. The van der Waals surface area contributed by atoms with Crippen molar-refractivity contribution in [2.75, 3.05) is 6.61 Å². The molecule has 0 aliphatic heterocycles. The molecule has 0 unspecified atom stereocenters. The maximum atomic E-state index is 12.5. The van der Waals surface area contributed by atoms with E-state index in [0.29, 0.717) is 23.3 Å². The predicted molar refractivity (Wildman–Crippen MR) is 101 cm³/mol. The van der Waals surface area contributed by atoms with Crippen molar-refractivity contribution < 1.29 is 9.90 Å². The third kappa shape index (κ3) is 4.35. The average Bonchev–Trinajstić information content (AvgIpc) is 3.02. The molecule has 0 fully saturated rings. The standard InChI is InChI=1S/C19H22N4O4/c1-12-15(19(27)23-16(20-12)10-18(26)22-23)7-8-17(25)21-14(11-24)9-13-5-3-2-4-6-13/h2-6,10,14,20,24H,7-9,11H2,1H3,(H,21,25)(H,22,26)/t14-/m1/s1. The molecule has 8 heteroatoms. The minimum Gasteiger partial charge on any atom is -0.394 e. The summed E-state index contributed by atoms with van der Waals surface area (Å²) in [5.74, 6) is -0.245. The van der Waals surface area contributed by atoms with Gasteiger partial charge in [0.05, 0.1) is 12.6 Å². The Morgan fingerprint density at radius 3 is 2.70 bits per heavy atom. The number of H-pyrrole nitrogens is 2. The van der Waals surface area contributed by atoms with Crippen LogP contribution in [0.4, 0.5) is 0 Å². The number of benzene rings is 1. The molecule has 2 heterocycles. The number of rotatable bonds is 7. The number of aliphatic hydroxyl groups is 1. The number of aryl methyl sites for hydroxylation is 1. The average molecular weight is 370 g/mol. The molecule has 0 radical (unpaired) electrons. The second-order valence-electron chi connectivity index (χ2n) is 6.51. The molecule has 0 aliphatic rings. The van der Waals surface area contributed by atoms with Crippen LogP contribution in [0.5, 0.6) is 0 Å². The number of hydrogen-bond acceptors (Lipinski definition) is 4. The molecule has 142 valence electrons. The van der Waals surface area contributed by atoms with E-state index in [0.717, 1.165) is 10.1 Å². The van der Waals surface area contributed by atoms with E-state index >= 15 is 0 Å². The third-order valence-corrected chi connectivity index (χ3v) is 4.47. The number of aliphatic hydroxyl groups excluding tert-OH is 1. The molecule has 0 bridgehead atoms. The van der Waals surface area contributed by atoms with Gasteiger partial charge in [0, 0.05) is 23.7 Å². The molecule has 0 spiro atoms. The van der Waals surface area contributed by atoms with Gasteiger partial charge < -0.3 is 15.4 Å². The largest absolute Gasteiger partial charge is 0.394 e. The quantitative estimate of drug-likeness (QED) is 0.477. The first kappa shape index (κ1) is 18.7. The lowest BCUT2D eigenvalue weighted by molar-refractivity contribution is -0.122. The van der Waals surface area contributed by atoms with Crippen molar-refractivity contribution in [3.63, 3.8) is 0 Å². The first-order chi connectivity index (χ1) is 13.0. The van der Waals surface area contributed by atoms with Gasteiger partial charge in [-0.15, -0.1) is 0 Å². The number of amides is 1. The molecule has 3 aromatic rings. The molecule has 27 heavy (non-hydrogen) atoms. The van der Waals surface area contributed by atoms with Crippen LogP contribution in [0.1, 0.15) is 23.2 Å². The summed E-state index contributed by atoms with van der Waals surface area (Å²) >= 11 is 0. The fourth-order valence-electron chi connectivity index (χ4n) is 3.10. The topological polar surface area (TPSA) is 119 Å². The van der Waals surface area contributed by atoms with Crippen LogP contribution in [0, 0.1) is 6.92 Å². The van der Waals surface area contributed by atoms with Gasteiger partial charge in [-0.3, -0.25) is 19.5 Å². The van der Waals surface area contributed by atoms with Crippen LogP contribution in [-0.2, 0) is 17.6 Å². The van der Waals surface area contributed by atoms with Crippen molar-refractivity contribution in [2.24, 2.45) is 0 Å². The van der Waals surface area contributed by atoms with E-state index < -0.39 is 0 Å². The summed E-state index contributed by atoms with van der Waals surface area (Å²) in [6, 6.07) is 10.5. The highest BCUT2D eigenvalue weighted by Gasteiger charge is 2.15. The molecule has 0 aliphatic carbocycles. The van der Waals surface area contributed by atoms with Crippen LogP contribution in [0.3, 0.4) is 0 Å². The molecule has 8 nitrogen and oxygen atoms in total. The van der Waals surface area contributed by atoms with Crippen molar-refractivity contribution in [1.29, 1.82) is 0 Å². The molecular weight excluding hydrogens is 348 g/mol. The summed E-state index contributed by atoms with van der Waals surface area (Å²) in [5, 5.41) is 14.8. The predicted octanol–water partition coefficient (Wildman–Crippen LogP) is 0.277. The fraction of sp³-hybridized carbons (Fsp3) is 0.316. The van der Waals surface area contributed by atoms with Gasteiger partial charge >= 0.3 is 0 Å². The molecule has 1 amide bonds. The Hall–Kier alpha value is -3.13. The number of carbonyl (C=O) groups is 1. The Kier molecular flexibility index (Phi) is 5.56. The highest BCUT2D eigenvalue weighted by atomic mass is 16.3. The monoisotopic (exact) mass is 370 g/mol. The molecule has 2 aromatic heterocycles. The van der Waals surface area contributed by atoms with Gasteiger partial charge in [0.2, 0.25) is 5.91 Å². The summed E-state index contributed by atoms with van der Waals surface area (Å²) in [4.78, 5) is 39.2. The van der Waals surface area contributed by atoms with E-state index in [4.69, 9.17) is 0 Å². The summed E-state index contributed by atoms with van der Waals surface area (Å²) in [7, 11) is 0. The van der Waals surface area contributed by atoms with E-state index in [1.54, 1.807) is 6.92 Å². The van der Waals surface area contributed by atoms with Crippen molar-refractivity contribution in [2.45, 2.75) is 32.2 Å². The number of aromatic amines is 2. The molecule has 0 saturated heterocycles. The van der Waals surface area contributed by atoms with Crippen LogP contribution in [0.2, 0.25) is 0 Å². The maximum absolute atomic E-state index is 12.5. The zero-order valence-corrected chi connectivity index (χ0v) is 15.0. The van der Waals surface area contributed by atoms with Crippen molar-refractivity contribution in [3.8, 4) is 0 Å². The Balaban J connectivity index is 1.65. The number of nitrogens with one attached hydrogen (secondary N) is 3. The van der Waals surface area contributed by atoms with Gasteiger partial charge in [-0.1, -0.05) is 30.3 Å². The van der Waals surface area contributed by atoms with Gasteiger partial charge in [0.1, 0.15) is 5.65 Å². The fourth-order valence-corrected chi connectivity index (χ4v) is 3.10. The number of hydrogen-bond donors (Lipinski definition) is 4. The van der Waals surface area contributed by atoms with Crippen LogP contribution < -0.4 is 16.4 Å². The van der Waals surface area contributed by atoms with Gasteiger partial charge in [-0.05, 0) is 25.3 Å². The molecule has 1 aromatic carbocycles. The Bertz CT molecular complexity index is 1050. The van der Waals surface area contributed by atoms with Crippen molar-refractivity contribution in [1.82, 2.24) is 19.9 Å². The second kappa shape index (κ2) is 8.05. The summed E-state index contributed by atoms with van der Waals surface area (Å²) in [6.07, 6.45) is 0.859. The van der Waals surface area contributed by atoms with Gasteiger partial charge in [0.15, 0.2) is 0 Å². The van der Waals surface area contributed by atoms with Crippen LogP contribution in [-0.4, -0.2) is 38.3 Å². The van der Waals surface area contributed by atoms with Crippen molar-refractivity contribution >= 4 is 11.6 Å². The maximum Gasteiger partial charge on any atom is 0.276 e. The van der Waals surface area contributed by atoms with Gasteiger partial charge in [0.25, 0.3) is 11.1 Å². The third-order valence-electron chi connectivity index (χ3n) is 4.47. The Morgan fingerprint density at radius 1 is 1.26 bits per heavy atom. The lowest BCUT2D eigenvalue weighted by Crippen LogP contribution is -2.39. The number of nitrogens with zero attached hydrogens (tertiary/aromatic N) is 1. The minimum absolute atomic E-state index is 0.103. The molecule has 0 saturated carbocycles. The molecular formula is C19H22N4O4. The molecule has 1 atom stereocenters. The lowest BCUT2D eigenvalue weighted by Gasteiger charge is -2.16. The van der Waals surface area contributed by atoms with Gasteiger partial charge in [-0.2, -0.15) is 0 Å². The van der Waals surface area contributed by atoms with E-state index in [9.17, 15) is 19.5 Å². The zero-order valence-electron chi connectivity index (χ0n) is 15.0. The van der Waals surface area contributed by atoms with Crippen molar-refractivity contribution in [3.05, 3.63) is 73.9 Å². The second-order valence-corrected chi connectivity index (χ2v) is 6.51. The van der Waals surface area contributed by atoms with Gasteiger partial charge in [-0.25, -0.2) is 4.52 Å². The first-order valence-electron chi connectivity index (χ1n) is 8.75. The van der Waals surface area contributed by atoms with Crippen LogP contribution >= 0.6 is 0 Å². The van der Waals surface area contributed by atoms with E-state index in [-0.39, 0.29) is 42.5 Å². The highest BCUT2D eigenvalue weighted by Crippen LogP contribution is 2.06. The number of fused-ring (bicyclic) bond motifs is 1. The Morgan fingerprint density at radius 2 is 2.00 bits per heavy atom. The summed E-state index contributed by atoms with van der Waals surface area (Å²) in [5.41, 5.74) is 1.75. The summed E-state index contributed by atoms with van der Waals surface area (Å²) < 4.78 is 1.15. The number of aromatic nitrogens is 3. The van der Waals surface area contributed by atoms with E-state index in [1.165, 1.54) is 6.07 Å². The zero-order chi connectivity index (χ0) is 19.4. The smallest absolute Gasteiger partial charge is 0.276 e. The minimum atomic E-state index is -0.387. The normalized spacial score (nSPS) is 12.2. The van der Waals surface area contributed by atoms with E-state index in [2.05, 4.69) is 15.4 Å². The first-order valence-corrected chi connectivity index (χ1v) is 8.75. The highest BCUT2D eigenvalue weighted by molar-refractivity contribution is 5.76.